The van der Waals surface area contributed by atoms with Gasteiger partial charge in [0.05, 0.1) is 5.92 Å². The molecule has 0 aromatic rings. The number of carboxylic acid groups (broad SMARTS) is 1. The van der Waals surface area contributed by atoms with Crippen LogP contribution in [0, 0.1) is 29.1 Å². The summed E-state index contributed by atoms with van der Waals surface area (Å²) in [7, 11) is 0. The molecule has 1 amide bonds. The highest BCUT2D eigenvalue weighted by molar-refractivity contribution is 8.00. The van der Waals surface area contributed by atoms with Crippen molar-refractivity contribution >= 4 is 23.6 Å². The van der Waals surface area contributed by atoms with Crippen molar-refractivity contribution in [2.24, 2.45) is 29.1 Å². The second-order valence-corrected chi connectivity index (χ2v) is 11.6. The van der Waals surface area contributed by atoms with E-state index >= 15 is 0 Å². The number of piperidine rings is 1. The third-order valence-electron chi connectivity index (χ3n) is 8.71. The first-order valence-corrected chi connectivity index (χ1v) is 12.3. The molecular formula is C22H33NO4S. The third-order valence-corrected chi connectivity index (χ3v) is 10.3. The van der Waals surface area contributed by atoms with E-state index < -0.39 is 11.6 Å². The van der Waals surface area contributed by atoms with Crippen LogP contribution in [0.4, 0.5) is 0 Å². The Bertz CT molecular complexity index is 647. The lowest BCUT2D eigenvalue weighted by atomic mass is 9.74. The molecule has 156 valence electrons. The first-order chi connectivity index (χ1) is 13.4. The quantitative estimate of drug-likeness (QED) is 0.749. The van der Waals surface area contributed by atoms with Crippen LogP contribution in [-0.4, -0.2) is 56.7 Å². The van der Waals surface area contributed by atoms with Gasteiger partial charge in [-0.1, -0.05) is 0 Å². The zero-order valence-electron chi connectivity index (χ0n) is 16.6. The van der Waals surface area contributed by atoms with Crippen LogP contribution in [-0.2, 0) is 9.59 Å². The van der Waals surface area contributed by atoms with E-state index in [2.05, 4.69) is 0 Å². The minimum Gasteiger partial charge on any atom is -0.481 e. The van der Waals surface area contributed by atoms with Crippen molar-refractivity contribution in [3.63, 3.8) is 0 Å². The van der Waals surface area contributed by atoms with Gasteiger partial charge in [-0.3, -0.25) is 9.59 Å². The Morgan fingerprint density at radius 2 is 1.61 bits per heavy atom. The van der Waals surface area contributed by atoms with E-state index in [1.165, 1.54) is 32.1 Å². The van der Waals surface area contributed by atoms with Gasteiger partial charge in [-0.05, 0) is 87.4 Å². The van der Waals surface area contributed by atoms with E-state index in [4.69, 9.17) is 0 Å². The molecule has 0 aromatic carbocycles. The number of hydrogen-bond donors (Lipinski definition) is 2. The van der Waals surface area contributed by atoms with E-state index in [1.54, 1.807) is 0 Å². The van der Waals surface area contributed by atoms with Crippen molar-refractivity contribution < 1.29 is 19.8 Å². The Hall–Kier alpha value is -0.750. The second kappa shape index (κ2) is 6.90. The van der Waals surface area contributed by atoms with Gasteiger partial charge in [-0.2, -0.15) is 11.8 Å². The van der Waals surface area contributed by atoms with Crippen LogP contribution in [0.25, 0.3) is 0 Å². The largest absolute Gasteiger partial charge is 0.481 e. The number of aliphatic carboxylic acids is 1. The SMILES string of the molecule is O=C(O)C1CSC(C2CCC([C@H]3CC34CCN(C(=O)C3(O)CC3)CC4)CC2)C1. The predicted octanol–water partition coefficient (Wildman–Crippen LogP) is 3.15. The van der Waals surface area contributed by atoms with E-state index in [9.17, 15) is 19.8 Å². The van der Waals surface area contributed by atoms with Gasteiger partial charge in [0.15, 0.2) is 0 Å². The standard InChI is InChI=1S/C22H33NO4S/c24-19(25)16-11-18(28-13-16)15-3-1-14(2-4-15)17-12-21(17)7-9-23(10-8-21)20(26)22(27)5-6-22/h14-18,27H,1-13H2,(H,24,25)/t14?,15?,16?,17-,18?/m1/s1. The zero-order chi connectivity index (χ0) is 19.5. The molecule has 5 aliphatic rings. The van der Waals surface area contributed by atoms with Gasteiger partial charge in [0.2, 0.25) is 0 Å². The lowest BCUT2D eigenvalue weighted by molar-refractivity contribution is -0.144. The van der Waals surface area contributed by atoms with Gasteiger partial charge in [0.25, 0.3) is 5.91 Å². The summed E-state index contributed by atoms with van der Waals surface area (Å²) in [5, 5.41) is 19.9. The summed E-state index contributed by atoms with van der Waals surface area (Å²) in [6.07, 6.45) is 10.9. The normalized spacial score (nSPS) is 41.0. The molecule has 6 heteroatoms. The summed E-state index contributed by atoms with van der Waals surface area (Å²) in [5.41, 5.74) is -0.527. The van der Waals surface area contributed by atoms with E-state index in [0.29, 0.717) is 23.5 Å². The fourth-order valence-corrected chi connectivity index (χ4v) is 8.15. The molecule has 2 unspecified atom stereocenters. The third kappa shape index (κ3) is 3.38. The number of carboxylic acids is 1. The van der Waals surface area contributed by atoms with Gasteiger partial charge in [-0.15, -0.1) is 0 Å². The lowest BCUT2D eigenvalue weighted by Crippen LogP contribution is -2.45. The zero-order valence-corrected chi connectivity index (χ0v) is 17.5. The molecule has 0 aromatic heterocycles. The highest BCUT2D eigenvalue weighted by Gasteiger charge is 2.59. The van der Waals surface area contributed by atoms with Crippen LogP contribution < -0.4 is 0 Å². The number of nitrogens with zero attached hydrogens (tertiary/aromatic N) is 1. The van der Waals surface area contributed by atoms with Crippen molar-refractivity contribution in [3.05, 3.63) is 0 Å². The van der Waals surface area contributed by atoms with Crippen molar-refractivity contribution in [2.45, 2.75) is 75.1 Å². The number of amides is 1. The molecule has 5 rings (SSSR count). The molecule has 3 atom stereocenters. The fraction of sp³-hybridized carbons (Fsp3) is 0.909. The molecule has 5 nitrogen and oxygen atoms in total. The summed E-state index contributed by atoms with van der Waals surface area (Å²) in [5.74, 6) is 2.46. The van der Waals surface area contributed by atoms with Crippen LogP contribution in [0.15, 0.2) is 0 Å². The maximum Gasteiger partial charge on any atom is 0.307 e. The van der Waals surface area contributed by atoms with Gasteiger partial charge < -0.3 is 15.1 Å². The molecule has 1 spiro atoms. The Morgan fingerprint density at radius 3 is 2.18 bits per heavy atom. The van der Waals surface area contributed by atoms with Gasteiger partial charge in [0.1, 0.15) is 5.60 Å². The van der Waals surface area contributed by atoms with Crippen LogP contribution in [0.2, 0.25) is 0 Å². The molecule has 28 heavy (non-hydrogen) atoms. The van der Waals surface area contributed by atoms with Crippen LogP contribution in [0.3, 0.4) is 0 Å². The maximum absolute atomic E-state index is 12.4. The fourth-order valence-electron chi connectivity index (χ4n) is 6.48. The Balaban J connectivity index is 1.08. The number of hydrogen-bond acceptors (Lipinski definition) is 4. The lowest BCUT2D eigenvalue weighted by Gasteiger charge is -2.37. The molecule has 5 fully saturated rings. The number of rotatable bonds is 4. The number of likely N-dealkylation sites (tertiary alicyclic amines) is 1. The minimum atomic E-state index is -1.01. The summed E-state index contributed by atoms with van der Waals surface area (Å²) in [6.45, 7) is 1.67. The molecule has 2 heterocycles. The highest BCUT2D eigenvalue weighted by atomic mass is 32.2. The van der Waals surface area contributed by atoms with Crippen molar-refractivity contribution in [3.8, 4) is 0 Å². The first-order valence-electron chi connectivity index (χ1n) is 11.3. The van der Waals surface area contributed by atoms with E-state index in [1.807, 2.05) is 16.7 Å². The number of thioether (sulfide) groups is 1. The van der Waals surface area contributed by atoms with Crippen LogP contribution in [0.5, 0.6) is 0 Å². The van der Waals surface area contributed by atoms with Gasteiger partial charge in [-0.25, -0.2) is 0 Å². The Labute approximate surface area is 171 Å². The van der Waals surface area contributed by atoms with E-state index in [0.717, 1.165) is 55.9 Å². The molecule has 3 saturated carbocycles. The molecule has 2 saturated heterocycles. The monoisotopic (exact) mass is 407 g/mol. The molecule has 0 bridgehead atoms. The van der Waals surface area contributed by atoms with Crippen molar-refractivity contribution in [1.82, 2.24) is 4.90 Å². The average molecular weight is 408 g/mol. The summed E-state index contributed by atoms with van der Waals surface area (Å²) in [4.78, 5) is 25.5. The highest BCUT2D eigenvalue weighted by Crippen LogP contribution is 2.65. The predicted molar refractivity (Wildman–Crippen MR) is 108 cm³/mol. The van der Waals surface area contributed by atoms with Gasteiger partial charge >= 0.3 is 5.97 Å². The average Bonchev–Trinajstić information content (AvgIpc) is 3.55. The number of carbonyl (C=O) groups is 2. The summed E-state index contributed by atoms with van der Waals surface area (Å²) < 4.78 is 0. The van der Waals surface area contributed by atoms with Crippen LogP contribution >= 0.6 is 11.8 Å². The van der Waals surface area contributed by atoms with E-state index in [-0.39, 0.29) is 11.8 Å². The number of aliphatic hydroxyl groups is 1. The Kier molecular flexibility index (Phi) is 4.74. The Morgan fingerprint density at radius 1 is 0.964 bits per heavy atom. The van der Waals surface area contributed by atoms with Crippen molar-refractivity contribution in [1.29, 1.82) is 0 Å². The summed E-state index contributed by atoms with van der Waals surface area (Å²) >= 11 is 1.90. The molecular weight excluding hydrogens is 374 g/mol. The minimum absolute atomic E-state index is 0.0196. The second-order valence-electron chi connectivity index (χ2n) is 10.3. The first kappa shape index (κ1) is 19.2. The molecule has 0 radical (unpaired) electrons. The topological polar surface area (TPSA) is 77.8 Å². The van der Waals surface area contributed by atoms with Crippen molar-refractivity contribution in [2.75, 3.05) is 18.8 Å². The number of carbonyl (C=O) groups excluding carboxylic acids is 1. The van der Waals surface area contributed by atoms with Gasteiger partial charge in [0, 0.05) is 24.1 Å². The summed E-state index contributed by atoms with van der Waals surface area (Å²) in [6, 6.07) is 0. The molecule has 2 aliphatic heterocycles. The molecule has 2 N–H and O–H groups in total. The van der Waals surface area contributed by atoms with Crippen LogP contribution in [0.1, 0.15) is 64.2 Å². The maximum atomic E-state index is 12.4. The smallest absolute Gasteiger partial charge is 0.307 e. The molecule has 3 aliphatic carbocycles.